The highest BCUT2D eigenvalue weighted by molar-refractivity contribution is 5.82. The third-order valence-corrected chi connectivity index (χ3v) is 3.65. The summed E-state index contributed by atoms with van der Waals surface area (Å²) >= 11 is 0. The highest BCUT2D eigenvalue weighted by Gasteiger charge is 2.24. The fraction of sp³-hybridized carbons (Fsp3) is 0.533. The lowest BCUT2D eigenvalue weighted by molar-refractivity contribution is -0.131. The molecule has 3 nitrogen and oxygen atoms in total. The predicted octanol–water partition coefficient (Wildman–Crippen LogP) is 2.25. The van der Waals surface area contributed by atoms with E-state index in [0.29, 0.717) is 0 Å². The zero-order valence-corrected chi connectivity index (χ0v) is 11.2. The van der Waals surface area contributed by atoms with Crippen LogP contribution in [-0.4, -0.2) is 24.4 Å². The Labute approximate surface area is 109 Å². The van der Waals surface area contributed by atoms with Gasteiger partial charge in [0.25, 0.3) is 0 Å². The van der Waals surface area contributed by atoms with Gasteiger partial charge in [-0.05, 0) is 24.8 Å². The van der Waals surface area contributed by atoms with Gasteiger partial charge in [0.1, 0.15) is 6.04 Å². The van der Waals surface area contributed by atoms with Gasteiger partial charge in [-0.1, -0.05) is 42.7 Å². The van der Waals surface area contributed by atoms with Crippen molar-refractivity contribution in [2.24, 2.45) is 11.7 Å². The minimum absolute atomic E-state index is 0.0134. The van der Waals surface area contributed by atoms with E-state index in [4.69, 9.17) is 5.73 Å². The number of nitrogens with two attached hydrogens (primary N) is 1. The maximum Gasteiger partial charge on any atom is 0.243 e. The van der Waals surface area contributed by atoms with Crippen molar-refractivity contribution in [3.05, 3.63) is 35.4 Å². The number of rotatable bonds is 5. The first kappa shape index (κ1) is 13.1. The van der Waals surface area contributed by atoms with E-state index in [9.17, 15) is 4.79 Å². The maximum absolute atomic E-state index is 12.2. The van der Waals surface area contributed by atoms with Gasteiger partial charge in [0, 0.05) is 13.6 Å². The monoisotopic (exact) mass is 246 g/mol. The number of amides is 1. The van der Waals surface area contributed by atoms with Crippen LogP contribution < -0.4 is 5.73 Å². The molecule has 1 unspecified atom stereocenters. The van der Waals surface area contributed by atoms with Crippen LogP contribution in [0.5, 0.6) is 0 Å². The van der Waals surface area contributed by atoms with Gasteiger partial charge in [-0.3, -0.25) is 4.79 Å². The Hall–Kier alpha value is -1.35. The molecule has 0 heterocycles. The van der Waals surface area contributed by atoms with E-state index in [-0.39, 0.29) is 5.91 Å². The van der Waals surface area contributed by atoms with E-state index in [1.807, 2.05) is 38.2 Å². The summed E-state index contributed by atoms with van der Waals surface area (Å²) in [6.07, 6.45) is 3.76. The van der Waals surface area contributed by atoms with Crippen molar-refractivity contribution in [2.45, 2.75) is 32.2 Å². The van der Waals surface area contributed by atoms with Crippen LogP contribution >= 0.6 is 0 Å². The summed E-state index contributed by atoms with van der Waals surface area (Å²) in [6, 6.07) is 7.33. The molecule has 1 aromatic carbocycles. The predicted molar refractivity (Wildman–Crippen MR) is 73.1 cm³/mol. The summed E-state index contributed by atoms with van der Waals surface area (Å²) in [5.41, 5.74) is 8.09. The van der Waals surface area contributed by atoms with Gasteiger partial charge >= 0.3 is 0 Å². The Morgan fingerprint density at radius 3 is 2.56 bits per heavy atom. The Morgan fingerprint density at radius 1 is 1.39 bits per heavy atom. The first-order chi connectivity index (χ1) is 8.58. The fourth-order valence-electron chi connectivity index (χ4n) is 2.05. The van der Waals surface area contributed by atoms with Crippen molar-refractivity contribution in [3.63, 3.8) is 0 Å². The molecule has 1 aromatic rings. The quantitative estimate of drug-likeness (QED) is 0.866. The second-order valence-electron chi connectivity index (χ2n) is 5.38. The third-order valence-electron chi connectivity index (χ3n) is 3.65. The number of hydrogen-bond donors (Lipinski definition) is 1. The van der Waals surface area contributed by atoms with E-state index in [1.165, 1.54) is 18.4 Å². The molecule has 1 saturated carbocycles. The second kappa shape index (κ2) is 5.53. The number of likely N-dealkylation sites (N-methyl/N-ethyl adjacent to an activating group) is 1. The molecule has 1 atom stereocenters. The highest BCUT2D eigenvalue weighted by Crippen LogP contribution is 2.32. The molecular formula is C15H22N2O. The third kappa shape index (κ3) is 3.33. The summed E-state index contributed by atoms with van der Waals surface area (Å²) in [7, 11) is 1.85. The molecule has 3 heteroatoms. The molecule has 1 amide bonds. The van der Waals surface area contributed by atoms with E-state index in [0.717, 1.165) is 24.4 Å². The average molecular weight is 246 g/mol. The molecule has 18 heavy (non-hydrogen) atoms. The van der Waals surface area contributed by atoms with Crippen LogP contribution in [0.1, 0.15) is 36.4 Å². The van der Waals surface area contributed by atoms with Crippen LogP contribution in [0, 0.1) is 12.8 Å². The topological polar surface area (TPSA) is 46.3 Å². The number of nitrogens with zero attached hydrogens (tertiary/aromatic N) is 1. The van der Waals surface area contributed by atoms with Gasteiger partial charge < -0.3 is 10.6 Å². The summed E-state index contributed by atoms with van der Waals surface area (Å²) in [4.78, 5) is 13.9. The first-order valence-electron chi connectivity index (χ1n) is 6.65. The molecule has 0 bridgehead atoms. The fourth-order valence-corrected chi connectivity index (χ4v) is 2.05. The average Bonchev–Trinajstić information content (AvgIpc) is 3.19. The summed E-state index contributed by atoms with van der Waals surface area (Å²) in [6.45, 7) is 2.85. The summed E-state index contributed by atoms with van der Waals surface area (Å²) in [5, 5.41) is 0. The van der Waals surface area contributed by atoms with Gasteiger partial charge in [0.05, 0.1) is 0 Å². The van der Waals surface area contributed by atoms with Crippen molar-refractivity contribution < 1.29 is 4.79 Å². The molecule has 0 saturated heterocycles. The highest BCUT2D eigenvalue weighted by atomic mass is 16.2. The minimum Gasteiger partial charge on any atom is -0.344 e. The van der Waals surface area contributed by atoms with Crippen molar-refractivity contribution in [1.29, 1.82) is 0 Å². The molecule has 0 spiro atoms. The number of carbonyl (C=O) groups excluding carboxylic acids is 1. The zero-order chi connectivity index (χ0) is 13.1. The van der Waals surface area contributed by atoms with Crippen LogP contribution in [0.15, 0.2) is 24.3 Å². The molecule has 1 aliphatic carbocycles. The van der Waals surface area contributed by atoms with E-state index in [2.05, 4.69) is 0 Å². The van der Waals surface area contributed by atoms with Crippen LogP contribution in [0.25, 0.3) is 0 Å². The molecule has 98 valence electrons. The normalized spacial score (nSPS) is 16.4. The largest absolute Gasteiger partial charge is 0.344 e. The van der Waals surface area contributed by atoms with E-state index in [1.54, 1.807) is 4.90 Å². The van der Waals surface area contributed by atoms with Crippen LogP contribution in [0.2, 0.25) is 0 Å². The van der Waals surface area contributed by atoms with Gasteiger partial charge in [0.15, 0.2) is 0 Å². The standard InChI is InChI=1S/C15H22N2O/c1-11-3-7-13(8-4-11)14(16)15(18)17(2)10-9-12-5-6-12/h3-4,7-8,12,14H,5-6,9-10,16H2,1-2H3. The second-order valence-corrected chi connectivity index (χ2v) is 5.38. The van der Waals surface area contributed by atoms with Gasteiger partial charge in [-0.15, -0.1) is 0 Å². The molecule has 0 aromatic heterocycles. The van der Waals surface area contributed by atoms with Crippen molar-refractivity contribution >= 4 is 5.91 Å². The lowest BCUT2D eigenvalue weighted by atomic mass is 10.0. The lowest BCUT2D eigenvalue weighted by Crippen LogP contribution is -2.36. The molecule has 2 N–H and O–H groups in total. The van der Waals surface area contributed by atoms with Crippen molar-refractivity contribution in [3.8, 4) is 0 Å². The molecule has 0 radical (unpaired) electrons. The lowest BCUT2D eigenvalue weighted by Gasteiger charge is -2.21. The molecule has 2 rings (SSSR count). The first-order valence-corrected chi connectivity index (χ1v) is 6.65. The van der Waals surface area contributed by atoms with Crippen LogP contribution in [-0.2, 0) is 4.79 Å². The molecular weight excluding hydrogens is 224 g/mol. The zero-order valence-electron chi connectivity index (χ0n) is 11.2. The Kier molecular flexibility index (Phi) is 4.02. The van der Waals surface area contributed by atoms with Crippen LogP contribution in [0.4, 0.5) is 0 Å². The number of carbonyl (C=O) groups is 1. The van der Waals surface area contributed by atoms with Crippen molar-refractivity contribution in [2.75, 3.05) is 13.6 Å². The summed E-state index contributed by atoms with van der Waals surface area (Å²) in [5.74, 6) is 0.857. The van der Waals surface area contributed by atoms with Gasteiger partial charge in [-0.2, -0.15) is 0 Å². The van der Waals surface area contributed by atoms with Crippen LogP contribution in [0.3, 0.4) is 0 Å². The molecule has 1 aliphatic rings. The minimum atomic E-state index is -0.533. The van der Waals surface area contributed by atoms with Gasteiger partial charge in [-0.25, -0.2) is 0 Å². The Morgan fingerprint density at radius 2 is 2.00 bits per heavy atom. The molecule has 1 fully saturated rings. The summed E-state index contributed by atoms with van der Waals surface area (Å²) < 4.78 is 0. The number of benzene rings is 1. The molecule has 0 aliphatic heterocycles. The Balaban J connectivity index is 1.91. The smallest absolute Gasteiger partial charge is 0.243 e. The van der Waals surface area contributed by atoms with E-state index < -0.39 is 6.04 Å². The number of aryl methyl sites for hydroxylation is 1. The van der Waals surface area contributed by atoms with E-state index >= 15 is 0 Å². The SMILES string of the molecule is Cc1ccc(C(N)C(=O)N(C)CCC2CC2)cc1. The Bertz CT molecular complexity index is 409. The number of hydrogen-bond acceptors (Lipinski definition) is 2. The maximum atomic E-state index is 12.2. The van der Waals surface area contributed by atoms with Crippen molar-refractivity contribution in [1.82, 2.24) is 4.90 Å². The van der Waals surface area contributed by atoms with Gasteiger partial charge in [0.2, 0.25) is 5.91 Å².